The summed E-state index contributed by atoms with van der Waals surface area (Å²) >= 11 is 0. The number of rotatable bonds is 14. The van der Waals surface area contributed by atoms with Gasteiger partial charge >= 0.3 is 5.97 Å². The van der Waals surface area contributed by atoms with E-state index in [4.69, 9.17) is 19.7 Å². The summed E-state index contributed by atoms with van der Waals surface area (Å²) in [4.78, 5) is 28.9. The van der Waals surface area contributed by atoms with Gasteiger partial charge in [-0.3, -0.25) is 4.79 Å². The van der Waals surface area contributed by atoms with Crippen molar-refractivity contribution in [3.8, 4) is 0 Å². The molecule has 1 unspecified atom stereocenters. The molecule has 0 amide bonds. The van der Waals surface area contributed by atoms with Gasteiger partial charge in [-0.25, -0.2) is 15.0 Å². The molecule has 8 bridgehead atoms. The predicted octanol–water partition coefficient (Wildman–Crippen LogP) is 11.8. The lowest BCUT2D eigenvalue weighted by Crippen LogP contribution is -2.16. The molecule has 3 atom stereocenters. The van der Waals surface area contributed by atoms with Gasteiger partial charge in [0.1, 0.15) is 12.4 Å². The molecular formula is C51H66N4O4. The van der Waals surface area contributed by atoms with E-state index < -0.39 is 6.10 Å². The fraction of sp³-hybridized carbons (Fsp3) is 0.490. The lowest BCUT2D eigenvalue weighted by atomic mass is 9.85. The summed E-state index contributed by atoms with van der Waals surface area (Å²) in [6.07, 6.45) is 16.1. The number of aliphatic hydroxyl groups is 2. The topological polar surface area (TPSA) is 116 Å². The molecule has 6 aliphatic rings. The fourth-order valence-electron chi connectivity index (χ4n) is 9.26. The number of nitrogens with zero attached hydrogens (tertiary/aromatic N) is 3. The molecule has 0 aromatic rings. The first-order chi connectivity index (χ1) is 28.0. The smallest absolute Gasteiger partial charge is 0.306 e. The van der Waals surface area contributed by atoms with E-state index in [1.54, 1.807) is 6.92 Å². The van der Waals surface area contributed by atoms with Crippen molar-refractivity contribution < 1.29 is 19.7 Å². The van der Waals surface area contributed by atoms with E-state index in [0.717, 1.165) is 117 Å². The molecule has 8 heteroatoms. The van der Waals surface area contributed by atoms with Crippen LogP contribution in [-0.4, -0.2) is 46.0 Å². The van der Waals surface area contributed by atoms with Crippen LogP contribution >= 0.6 is 0 Å². The second-order valence-electron chi connectivity index (χ2n) is 18.0. The third-order valence-electron chi connectivity index (χ3n) is 12.6. The average molecular weight is 799 g/mol. The Hall–Kier alpha value is -4.82. The van der Waals surface area contributed by atoms with Gasteiger partial charge in [0.05, 0.1) is 40.3 Å². The second-order valence-corrected chi connectivity index (χ2v) is 18.0. The summed E-state index contributed by atoms with van der Waals surface area (Å²) in [6.45, 7) is 25.5. The summed E-state index contributed by atoms with van der Waals surface area (Å²) in [5.41, 5.74) is 18.5. The summed E-state index contributed by atoms with van der Waals surface area (Å²) in [7, 11) is 0. The number of hydrogen-bond acceptors (Lipinski definition) is 8. The van der Waals surface area contributed by atoms with Crippen molar-refractivity contribution in [3.05, 3.63) is 126 Å². The molecule has 0 radical (unpaired) electrons. The van der Waals surface area contributed by atoms with Crippen LogP contribution in [0.15, 0.2) is 141 Å². The van der Waals surface area contributed by atoms with Gasteiger partial charge in [-0.2, -0.15) is 0 Å². The predicted molar refractivity (Wildman–Crippen MR) is 243 cm³/mol. The minimum Gasteiger partial charge on any atom is -0.511 e. The summed E-state index contributed by atoms with van der Waals surface area (Å²) in [6, 6.07) is 0. The number of hydrogen-bond donors (Lipinski definition) is 3. The molecule has 3 N–H and O–H groups in total. The Kier molecular flexibility index (Phi) is 13.5. The number of aliphatic imine (C=N–C) groups is 3. The van der Waals surface area contributed by atoms with E-state index in [1.165, 1.54) is 22.3 Å². The first-order valence-electron chi connectivity index (χ1n) is 21.7. The summed E-state index contributed by atoms with van der Waals surface area (Å²) < 4.78 is 5.77. The second kappa shape index (κ2) is 18.2. The Bertz CT molecular complexity index is 2260. The number of esters is 1. The Balaban J connectivity index is 1.31. The highest BCUT2D eigenvalue weighted by Crippen LogP contribution is 2.47. The van der Waals surface area contributed by atoms with Crippen LogP contribution in [-0.2, 0) is 9.53 Å². The maximum atomic E-state index is 13.3. The maximum Gasteiger partial charge on any atom is 0.306 e. The molecule has 1 aliphatic carbocycles. The number of ether oxygens (including phenoxy) is 1. The third kappa shape index (κ3) is 9.33. The number of nitrogens with one attached hydrogen (secondary N) is 1. The SMILES string of the molecule is CC(C)=CCC/C(C)=C/CC/C(C)=C/COC(=O)CC[C@@H]1C2=C3CC(O)=C4C3=NC(=C4C)C=C3N=C(C=C4N=C(C(C)=C4C(C)O)C(C)=C(N2)[C@H]1C)C(C)=C3CC(C)C. The van der Waals surface area contributed by atoms with Crippen molar-refractivity contribution in [3.63, 3.8) is 0 Å². The van der Waals surface area contributed by atoms with Crippen LogP contribution in [0.25, 0.3) is 0 Å². The Morgan fingerprint density at radius 2 is 1.54 bits per heavy atom. The van der Waals surface area contributed by atoms with E-state index in [0.29, 0.717) is 24.5 Å². The standard InChI is InChI=1S/C51H66N4O4/c1-27(2)15-13-16-29(5)17-14-18-30(6)21-22-59-45(58)20-19-37-32(8)48-35(11)49-34(10)46(36(12)56)43(54-49)26-40-31(7)38(23-28(3)4)42(52-40)25-41-33(9)47-44(57)24-39(50(37)55-48)51(47)53-41/h15,17,21,25-26,28,32,36-37,55-57H,13-14,16,18-20,22-24H2,1-12H3/b29-17+,30-21+,42-25?,43-26?,48-35?,50-39?/t32-,36?,37-/m0/s1. The number of fused-ring (bicyclic) bond motifs is 5. The van der Waals surface area contributed by atoms with Crippen LogP contribution in [0.5, 0.6) is 0 Å². The van der Waals surface area contributed by atoms with Gasteiger partial charge in [-0.05, 0) is 153 Å². The highest BCUT2D eigenvalue weighted by Gasteiger charge is 2.42. The van der Waals surface area contributed by atoms with Gasteiger partial charge in [0, 0.05) is 52.8 Å². The van der Waals surface area contributed by atoms with Crippen molar-refractivity contribution in [2.45, 2.75) is 141 Å². The molecule has 8 nitrogen and oxygen atoms in total. The fourth-order valence-corrected chi connectivity index (χ4v) is 9.26. The highest BCUT2D eigenvalue weighted by atomic mass is 16.5. The summed E-state index contributed by atoms with van der Waals surface area (Å²) in [5, 5.41) is 26.5. The monoisotopic (exact) mass is 799 g/mol. The number of allylic oxidation sites excluding steroid dienone is 16. The molecule has 0 saturated carbocycles. The third-order valence-corrected chi connectivity index (χ3v) is 12.6. The molecule has 1 fully saturated rings. The average Bonchev–Trinajstić information content (AvgIpc) is 3.92. The molecule has 0 aromatic carbocycles. The van der Waals surface area contributed by atoms with E-state index in [2.05, 4.69) is 85.9 Å². The van der Waals surface area contributed by atoms with Crippen LogP contribution in [0, 0.1) is 17.8 Å². The van der Waals surface area contributed by atoms with E-state index in [1.807, 2.05) is 26.0 Å². The number of aliphatic hydroxyl groups excluding tert-OH is 2. The van der Waals surface area contributed by atoms with Crippen LogP contribution in [0.4, 0.5) is 0 Å². The maximum absolute atomic E-state index is 13.3. The van der Waals surface area contributed by atoms with Gasteiger partial charge in [0.2, 0.25) is 0 Å². The highest BCUT2D eigenvalue weighted by molar-refractivity contribution is 6.21. The van der Waals surface area contributed by atoms with E-state index in [9.17, 15) is 15.0 Å². The zero-order chi connectivity index (χ0) is 42.9. The minimum atomic E-state index is -0.726. The first kappa shape index (κ1) is 43.8. The largest absolute Gasteiger partial charge is 0.511 e. The van der Waals surface area contributed by atoms with Crippen molar-refractivity contribution in [1.82, 2.24) is 5.32 Å². The zero-order valence-corrected chi connectivity index (χ0v) is 37.6. The molecule has 5 aliphatic heterocycles. The van der Waals surface area contributed by atoms with Crippen LogP contribution in [0.1, 0.15) is 134 Å². The van der Waals surface area contributed by atoms with Crippen LogP contribution in [0.2, 0.25) is 0 Å². The Morgan fingerprint density at radius 1 is 0.847 bits per heavy atom. The van der Waals surface area contributed by atoms with Crippen LogP contribution < -0.4 is 5.32 Å². The van der Waals surface area contributed by atoms with Gasteiger partial charge in [-0.15, -0.1) is 0 Å². The lowest BCUT2D eigenvalue weighted by molar-refractivity contribution is -0.142. The summed E-state index contributed by atoms with van der Waals surface area (Å²) in [5.74, 6) is 0.457. The van der Waals surface area contributed by atoms with E-state index >= 15 is 0 Å². The molecule has 0 spiro atoms. The zero-order valence-electron chi connectivity index (χ0n) is 37.6. The number of carbonyl (C=O) groups is 1. The molecule has 314 valence electrons. The molecule has 0 aromatic heterocycles. The first-order valence-corrected chi connectivity index (χ1v) is 21.7. The van der Waals surface area contributed by atoms with Crippen molar-refractivity contribution in [2.24, 2.45) is 32.7 Å². The van der Waals surface area contributed by atoms with Gasteiger partial charge < -0.3 is 20.3 Å². The van der Waals surface area contributed by atoms with Crippen molar-refractivity contribution >= 4 is 23.1 Å². The van der Waals surface area contributed by atoms with Crippen molar-refractivity contribution in [2.75, 3.05) is 6.61 Å². The minimum absolute atomic E-state index is 0.00757. The van der Waals surface area contributed by atoms with Gasteiger partial charge in [-0.1, -0.05) is 49.6 Å². The molecule has 1 saturated heterocycles. The van der Waals surface area contributed by atoms with E-state index in [-0.39, 0.29) is 30.8 Å². The molecule has 59 heavy (non-hydrogen) atoms. The Morgan fingerprint density at radius 3 is 2.22 bits per heavy atom. The van der Waals surface area contributed by atoms with Gasteiger partial charge in [0.15, 0.2) is 0 Å². The lowest BCUT2D eigenvalue weighted by Gasteiger charge is -2.18. The Labute approximate surface area is 352 Å². The van der Waals surface area contributed by atoms with Crippen LogP contribution in [0.3, 0.4) is 0 Å². The normalized spacial score (nSPS) is 22.4. The van der Waals surface area contributed by atoms with Gasteiger partial charge in [0.25, 0.3) is 0 Å². The quantitative estimate of drug-likeness (QED) is 0.120. The molecular weight excluding hydrogens is 733 g/mol. The number of carbonyl (C=O) groups excluding carboxylic acids is 1. The molecule has 6 rings (SSSR count). The van der Waals surface area contributed by atoms with Crippen molar-refractivity contribution in [1.29, 1.82) is 0 Å². The molecule has 5 heterocycles.